The quantitative estimate of drug-likeness (QED) is 0.473. The van der Waals surface area contributed by atoms with Gasteiger partial charge in [-0.1, -0.05) is 41.4 Å². The molecule has 2 aromatic carbocycles. The summed E-state index contributed by atoms with van der Waals surface area (Å²) in [5, 5.41) is 2.89. The van der Waals surface area contributed by atoms with Crippen LogP contribution in [0.5, 0.6) is 0 Å². The lowest BCUT2D eigenvalue weighted by molar-refractivity contribution is 0.0982. The van der Waals surface area contributed by atoms with E-state index in [-0.39, 0.29) is 5.56 Å². The number of aryl methyl sites for hydroxylation is 1. The number of hydrogen-bond acceptors (Lipinski definition) is 3. The fourth-order valence-corrected chi connectivity index (χ4v) is 4.31. The summed E-state index contributed by atoms with van der Waals surface area (Å²) in [5.41, 5.74) is 3.90. The highest BCUT2D eigenvalue weighted by atomic mass is 35.5. The Hall–Kier alpha value is -2.54. The Kier molecular flexibility index (Phi) is 6.71. The second-order valence-corrected chi connectivity index (χ2v) is 9.14. The fourth-order valence-electron chi connectivity index (χ4n) is 3.09. The predicted molar refractivity (Wildman–Crippen MR) is 123 cm³/mol. The summed E-state index contributed by atoms with van der Waals surface area (Å²) in [4.78, 5) is 15.8. The highest BCUT2D eigenvalue weighted by molar-refractivity contribution is 7.92. The SMILES string of the molecule is CC=CC=CS(=O)(=O)NC(=O)c1ccc2[nH]c(C)c(Cc3ccc(Cl)cc3Cl)c2c1. The van der Waals surface area contributed by atoms with E-state index < -0.39 is 15.9 Å². The Morgan fingerprint density at radius 1 is 1.13 bits per heavy atom. The number of nitrogens with one attached hydrogen (secondary N) is 2. The van der Waals surface area contributed by atoms with Gasteiger partial charge >= 0.3 is 0 Å². The number of allylic oxidation sites excluding steroid dienone is 3. The minimum absolute atomic E-state index is 0.243. The van der Waals surface area contributed by atoms with E-state index in [2.05, 4.69) is 9.71 Å². The van der Waals surface area contributed by atoms with Crippen LogP contribution in [0.3, 0.4) is 0 Å². The zero-order valence-electron chi connectivity index (χ0n) is 16.4. The molecule has 0 fully saturated rings. The topological polar surface area (TPSA) is 79.0 Å². The maximum absolute atomic E-state index is 12.5. The summed E-state index contributed by atoms with van der Waals surface area (Å²) in [6.45, 7) is 3.70. The van der Waals surface area contributed by atoms with Gasteiger partial charge < -0.3 is 4.98 Å². The van der Waals surface area contributed by atoms with Crippen molar-refractivity contribution in [3.8, 4) is 0 Å². The third-order valence-electron chi connectivity index (χ3n) is 4.56. The highest BCUT2D eigenvalue weighted by Gasteiger charge is 2.16. The molecule has 1 amide bonds. The zero-order chi connectivity index (χ0) is 21.9. The van der Waals surface area contributed by atoms with E-state index in [0.29, 0.717) is 16.5 Å². The summed E-state index contributed by atoms with van der Waals surface area (Å²) in [6, 6.07) is 10.3. The second-order valence-electron chi connectivity index (χ2n) is 6.73. The van der Waals surface area contributed by atoms with Crippen LogP contribution in [0.1, 0.15) is 34.1 Å². The minimum Gasteiger partial charge on any atom is -0.358 e. The standard InChI is InChI=1S/C22H20Cl2N2O3S/c1-3-4-5-10-30(28,29)26-22(27)16-7-9-21-19(12-16)18(14(2)25-21)11-15-6-8-17(23)13-20(15)24/h3-10,12-13,25H,11H2,1-2H3,(H,26,27). The molecule has 1 heterocycles. The average molecular weight is 463 g/mol. The number of aromatic amines is 1. The molecule has 8 heteroatoms. The molecular formula is C22H20Cl2N2O3S. The Morgan fingerprint density at radius 2 is 1.90 bits per heavy atom. The lowest BCUT2D eigenvalue weighted by Crippen LogP contribution is -2.28. The summed E-state index contributed by atoms with van der Waals surface area (Å²) >= 11 is 12.3. The van der Waals surface area contributed by atoms with Crippen molar-refractivity contribution in [1.82, 2.24) is 9.71 Å². The number of H-pyrrole nitrogens is 1. The van der Waals surface area contributed by atoms with Gasteiger partial charge in [0.05, 0.1) is 5.41 Å². The van der Waals surface area contributed by atoms with Gasteiger partial charge in [-0.15, -0.1) is 0 Å². The van der Waals surface area contributed by atoms with Gasteiger partial charge in [-0.25, -0.2) is 13.1 Å². The zero-order valence-corrected chi connectivity index (χ0v) is 18.7. The van der Waals surface area contributed by atoms with Gasteiger partial charge in [-0.2, -0.15) is 0 Å². The third-order valence-corrected chi connectivity index (χ3v) is 6.13. The molecule has 5 nitrogen and oxygen atoms in total. The number of benzene rings is 2. The van der Waals surface area contributed by atoms with Gasteiger partial charge in [0.2, 0.25) is 0 Å². The van der Waals surface area contributed by atoms with Crippen LogP contribution in [-0.2, 0) is 16.4 Å². The first kappa shape index (κ1) is 22.2. The van der Waals surface area contributed by atoms with Crippen LogP contribution < -0.4 is 4.72 Å². The number of sulfonamides is 1. The monoisotopic (exact) mass is 462 g/mol. The van der Waals surface area contributed by atoms with Crippen molar-refractivity contribution in [2.45, 2.75) is 20.3 Å². The van der Waals surface area contributed by atoms with Crippen LogP contribution in [-0.4, -0.2) is 19.3 Å². The molecule has 3 aromatic rings. The van der Waals surface area contributed by atoms with Crippen LogP contribution in [0.15, 0.2) is 60.0 Å². The third kappa shape index (κ3) is 5.14. The number of fused-ring (bicyclic) bond motifs is 1. The number of hydrogen-bond donors (Lipinski definition) is 2. The number of carbonyl (C=O) groups is 1. The van der Waals surface area contributed by atoms with Crippen LogP contribution in [0, 0.1) is 6.92 Å². The van der Waals surface area contributed by atoms with Crippen LogP contribution in [0.4, 0.5) is 0 Å². The molecule has 1 aromatic heterocycles. The van der Waals surface area contributed by atoms with Crippen molar-refractivity contribution < 1.29 is 13.2 Å². The predicted octanol–water partition coefficient (Wildman–Crippen LogP) is 5.52. The van der Waals surface area contributed by atoms with E-state index in [0.717, 1.165) is 33.1 Å². The smallest absolute Gasteiger partial charge is 0.265 e. The summed E-state index contributed by atoms with van der Waals surface area (Å²) in [6.07, 6.45) is 5.14. The molecular weight excluding hydrogens is 443 g/mol. The van der Waals surface area contributed by atoms with Crippen molar-refractivity contribution >= 4 is 50.0 Å². The molecule has 0 unspecified atom stereocenters. The molecule has 156 valence electrons. The number of carbonyl (C=O) groups excluding carboxylic acids is 1. The maximum Gasteiger partial charge on any atom is 0.265 e. The van der Waals surface area contributed by atoms with Gasteiger partial charge in [0, 0.05) is 38.6 Å². The molecule has 0 atom stereocenters. The summed E-state index contributed by atoms with van der Waals surface area (Å²) < 4.78 is 26.1. The molecule has 0 saturated carbocycles. The number of halogens is 2. The normalized spacial score (nSPS) is 12.3. The van der Waals surface area contributed by atoms with E-state index in [1.807, 2.05) is 13.0 Å². The molecule has 0 aliphatic carbocycles. The van der Waals surface area contributed by atoms with Gasteiger partial charge in [-0.3, -0.25) is 4.79 Å². The van der Waals surface area contributed by atoms with E-state index in [1.54, 1.807) is 49.4 Å². The lowest BCUT2D eigenvalue weighted by Gasteiger charge is -2.07. The molecule has 0 radical (unpaired) electrons. The molecule has 2 N–H and O–H groups in total. The van der Waals surface area contributed by atoms with E-state index in [9.17, 15) is 13.2 Å². The Balaban J connectivity index is 1.93. The summed E-state index contributed by atoms with van der Waals surface area (Å²) in [5.74, 6) is -0.698. The van der Waals surface area contributed by atoms with Crippen molar-refractivity contribution in [3.05, 3.63) is 92.5 Å². The molecule has 0 aliphatic heterocycles. The van der Waals surface area contributed by atoms with E-state index >= 15 is 0 Å². The first-order valence-corrected chi connectivity index (χ1v) is 11.4. The highest BCUT2D eigenvalue weighted by Crippen LogP contribution is 2.29. The molecule has 0 bridgehead atoms. The van der Waals surface area contributed by atoms with Gasteiger partial charge in [0.15, 0.2) is 0 Å². The Bertz CT molecular complexity index is 1280. The van der Waals surface area contributed by atoms with Crippen molar-refractivity contribution in [2.24, 2.45) is 0 Å². The molecule has 0 saturated heterocycles. The van der Waals surface area contributed by atoms with E-state index in [4.69, 9.17) is 23.2 Å². The summed E-state index contributed by atoms with van der Waals surface area (Å²) in [7, 11) is -3.89. The number of aromatic nitrogens is 1. The second kappa shape index (κ2) is 9.08. The van der Waals surface area contributed by atoms with Crippen LogP contribution in [0.2, 0.25) is 10.0 Å². The van der Waals surface area contributed by atoms with E-state index in [1.165, 1.54) is 6.08 Å². The van der Waals surface area contributed by atoms with Crippen molar-refractivity contribution in [3.63, 3.8) is 0 Å². The average Bonchev–Trinajstić information content (AvgIpc) is 2.98. The van der Waals surface area contributed by atoms with Crippen molar-refractivity contribution in [1.29, 1.82) is 0 Å². The molecule has 30 heavy (non-hydrogen) atoms. The molecule has 0 spiro atoms. The van der Waals surface area contributed by atoms with Crippen LogP contribution in [0.25, 0.3) is 10.9 Å². The Morgan fingerprint density at radius 3 is 2.60 bits per heavy atom. The number of amides is 1. The molecule has 0 aliphatic rings. The fraction of sp³-hybridized carbons (Fsp3) is 0.136. The minimum atomic E-state index is -3.89. The Labute approximate surface area is 185 Å². The van der Waals surface area contributed by atoms with Crippen molar-refractivity contribution in [2.75, 3.05) is 0 Å². The maximum atomic E-state index is 12.5. The van der Waals surface area contributed by atoms with Crippen LogP contribution >= 0.6 is 23.2 Å². The van der Waals surface area contributed by atoms with Gasteiger partial charge in [0.25, 0.3) is 15.9 Å². The largest absolute Gasteiger partial charge is 0.358 e. The lowest BCUT2D eigenvalue weighted by atomic mass is 10.0. The number of rotatable bonds is 6. The molecule has 3 rings (SSSR count). The first-order chi connectivity index (χ1) is 14.2. The first-order valence-electron chi connectivity index (χ1n) is 9.12. The van der Waals surface area contributed by atoms with Gasteiger partial charge in [-0.05, 0) is 61.4 Å². The van der Waals surface area contributed by atoms with Gasteiger partial charge in [0.1, 0.15) is 0 Å².